The normalized spacial score (nSPS) is 15.4. The summed E-state index contributed by atoms with van der Waals surface area (Å²) in [5.41, 5.74) is 2.54. The van der Waals surface area contributed by atoms with E-state index in [1.165, 1.54) is 10.5 Å². The number of thioether (sulfide) groups is 1. The Bertz CT molecular complexity index is 715. The zero-order chi connectivity index (χ0) is 18.9. The smallest absolute Gasteiger partial charge is 0.315 e. The molecule has 0 aromatic heterocycles. The molecule has 0 saturated carbocycles. The van der Waals surface area contributed by atoms with E-state index in [-0.39, 0.29) is 6.03 Å². The molecule has 2 aromatic rings. The summed E-state index contributed by atoms with van der Waals surface area (Å²) in [4.78, 5) is 15.9. The van der Waals surface area contributed by atoms with E-state index in [2.05, 4.69) is 46.1 Å². The van der Waals surface area contributed by atoms with Gasteiger partial charge in [0.05, 0.1) is 0 Å². The van der Waals surface area contributed by atoms with Gasteiger partial charge in [0, 0.05) is 24.5 Å². The molecule has 1 saturated heterocycles. The molecule has 2 aromatic carbocycles. The third-order valence-corrected chi connectivity index (χ3v) is 5.98. The Hall–Kier alpha value is -1.98. The van der Waals surface area contributed by atoms with E-state index in [1.54, 1.807) is 0 Å². The van der Waals surface area contributed by atoms with Gasteiger partial charge in [0.1, 0.15) is 0 Å². The van der Waals surface area contributed by atoms with Crippen LogP contribution in [0.4, 0.5) is 4.79 Å². The second-order valence-electron chi connectivity index (χ2n) is 7.08. The highest BCUT2D eigenvalue weighted by atomic mass is 32.2. The Morgan fingerprint density at radius 1 is 1.04 bits per heavy atom. The maximum Gasteiger partial charge on any atom is 0.315 e. The molecule has 0 bridgehead atoms. The van der Waals surface area contributed by atoms with Crippen LogP contribution in [0.2, 0.25) is 0 Å². The van der Waals surface area contributed by atoms with Gasteiger partial charge in [-0.15, -0.1) is 11.8 Å². The molecule has 2 amide bonds. The maximum atomic E-state index is 12.0. The van der Waals surface area contributed by atoms with Crippen LogP contribution in [-0.2, 0) is 13.1 Å². The molecular formula is C22H29N3OS. The van der Waals surface area contributed by atoms with Gasteiger partial charge in [-0.2, -0.15) is 0 Å². The highest BCUT2D eigenvalue weighted by Gasteiger charge is 2.20. The SMILES string of the molecule is CSc1ccccc1CN1CCC(CNC(=O)NCc2ccccc2)CC1. The first-order chi connectivity index (χ1) is 13.2. The van der Waals surface area contributed by atoms with Crippen molar-refractivity contribution in [1.29, 1.82) is 0 Å². The number of piperidine rings is 1. The molecule has 0 spiro atoms. The minimum absolute atomic E-state index is 0.0739. The van der Waals surface area contributed by atoms with Crippen molar-refractivity contribution in [2.24, 2.45) is 5.92 Å². The predicted octanol–water partition coefficient (Wildman–Crippen LogP) is 4.12. The first-order valence-electron chi connectivity index (χ1n) is 9.64. The fourth-order valence-corrected chi connectivity index (χ4v) is 4.11. The number of benzene rings is 2. The average Bonchev–Trinajstić information content (AvgIpc) is 2.73. The quantitative estimate of drug-likeness (QED) is 0.707. The van der Waals surface area contributed by atoms with Crippen molar-refractivity contribution in [1.82, 2.24) is 15.5 Å². The van der Waals surface area contributed by atoms with Crippen LogP contribution >= 0.6 is 11.8 Å². The number of hydrogen-bond donors (Lipinski definition) is 2. The van der Waals surface area contributed by atoms with Crippen molar-refractivity contribution in [2.45, 2.75) is 30.8 Å². The van der Waals surface area contributed by atoms with Gasteiger partial charge in [-0.25, -0.2) is 4.79 Å². The molecule has 144 valence electrons. The summed E-state index contributed by atoms with van der Waals surface area (Å²) in [7, 11) is 0. The minimum atomic E-state index is -0.0739. The number of amides is 2. The lowest BCUT2D eigenvalue weighted by molar-refractivity contribution is 0.174. The molecule has 2 N–H and O–H groups in total. The van der Waals surface area contributed by atoms with Crippen LogP contribution in [0.3, 0.4) is 0 Å². The van der Waals surface area contributed by atoms with Crippen LogP contribution in [0.1, 0.15) is 24.0 Å². The first-order valence-corrected chi connectivity index (χ1v) is 10.9. The highest BCUT2D eigenvalue weighted by molar-refractivity contribution is 7.98. The zero-order valence-electron chi connectivity index (χ0n) is 16.0. The standard InChI is InChI=1S/C22H29N3OS/c1-27-21-10-6-5-9-20(21)17-25-13-11-19(12-14-25)16-24-22(26)23-15-18-7-3-2-4-8-18/h2-10,19H,11-17H2,1H3,(H2,23,24,26). The summed E-state index contributed by atoms with van der Waals surface area (Å²) >= 11 is 1.82. The lowest BCUT2D eigenvalue weighted by Crippen LogP contribution is -2.41. The fraction of sp³-hybridized carbons (Fsp3) is 0.409. The number of nitrogens with zero attached hydrogens (tertiary/aromatic N) is 1. The first kappa shape index (κ1) is 19.8. The Morgan fingerprint density at radius 3 is 2.48 bits per heavy atom. The summed E-state index contributed by atoms with van der Waals surface area (Å²) in [5.74, 6) is 0.569. The van der Waals surface area contributed by atoms with Gasteiger partial charge in [-0.3, -0.25) is 4.90 Å². The monoisotopic (exact) mass is 383 g/mol. The Morgan fingerprint density at radius 2 is 1.74 bits per heavy atom. The van der Waals surface area contributed by atoms with Crippen molar-refractivity contribution >= 4 is 17.8 Å². The number of likely N-dealkylation sites (tertiary alicyclic amines) is 1. The van der Waals surface area contributed by atoms with Crippen molar-refractivity contribution < 1.29 is 4.79 Å². The molecule has 1 heterocycles. The van der Waals surface area contributed by atoms with E-state index >= 15 is 0 Å². The van der Waals surface area contributed by atoms with Gasteiger partial charge in [0.15, 0.2) is 0 Å². The van der Waals surface area contributed by atoms with Gasteiger partial charge in [-0.1, -0.05) is 48.5 Å². The number of urea groups is 1. The molecule has 0 atom stereocenters. The lowest BCUT2D eigenvalue weighted by atomic mass is 9.96. The lowest BCUT2D eigenvalue weighted by Gasteiger charge is -2.32. The van der Waals surface area contributed by atoms with E-state index in [9.17, 15) is 4.79 Å². The van der Waals surface area contributed by atoms with E-state index in [0.29, 0.717) is 12.5 Å². The Kier molecular flexibility index (Phi) is 7.60. The van der Waals surface area contributed by atoms with E-state index in [0.717, 1.165) is 44.6 Å². The van der Waals surface area contributed by atoms with Crippen LogP contribution in [0, 0.1) is 5.92 Å². The van der Waals surface area contributed by atoms with E-state index < -0.39 is 0 Å². The summed E-state index contributed by atoms with van der Waals surface area (Å²) in [5, 5.41) is 5.96. The maximum absolute atomic E-state index is 12.0. The van der Waals surface area contributed by atoms with Crippen LogP contribution < -0.4 is 10.6 Å². The second-order valence-corrected chi connectivity index (χ2v) is 7.93. The minimum Gasteiger partial charge on any atom is -0.338 e. The molecule has 1 aliphatic rings. The van der Waals surface area contributed by atoms with Crippen LogP contribution in [0.5, 0.6) is 0 Å². The van der Waals surface area contributed by atoms with Gasteiger partial charge >= 0.3 is 6.03 Å². The molecule has 27 heavy (non-hydrogen) atoms. The van der Waals surface area contributed by atoms with Crippen molar-refractivity contribution in [3.05, 3.63) is 65.7 Å². The third-order valence-electron chi connectivity index (χ3n) is 5.14. The topological polar surface area (TPSA) is 44.4 Å². The number of rotatable bonds is 7. The van der Waals surface area contributed by atoms with Gasteiger partial charge < -0.3 is 10.6 Å². The number of nitrogens with one attached hydrogen (secondary N) is 2. The van der Waals surface area contributed by atoms with Crippen molar-refractivity contribution in [3.8, 4) is 0 Å². The fourth-order valence-electron chi connectivity index (χ4n) is 3.50. The average molecular weight is 384 g/mol. The van der Waals surface area contributed by atoms with Crippen LogP contribution in [0.25, 0.3) is 0 Å². The third kappa shape index (κ3) is 6.29. The van der Waals surface area contributed by atoms with E-state index in [4.69, 9.17) is 0 Å². The number of carbonyl (C=O) groups excluding carboxylic acids is 1. The number of carbonyl (C=O) groups is 1. The van der Waals surface area contributed by atoms with Gasteiger partial charge in [0.25, 0.3) is 0 Å². The number of hydrogen-bond acceptors (Lipinski definition) is 3. The largest absolute Gasteiger partial charge is 0.338 e. The summed E-state index contributed by atoms with van der Waals surface area (Å²) < 4.78 is 0. The van der Waals surface area contributed by atoms with Gasteiger partial charge in [-0.05, 0) is 55.3 Å². The molecule has 5 heteroatoms. The summed E-state index contributed by atoms with van der Waals surface area (Å²) in [6.07, 6.45) is 4.42. The second kappa shape index (κ2) is 10.4. The predicted molar refractivity (Wildman–Crippen MR) is 113 cm³/mol. The molecule has 1 aliphatic heterocycles. The van der Waals surface area contributed by atoms with E-state index in [1.807, 2.05) is 42.1 Å². The Labute approximate surface area is 166 Å². The van der Waals surface area contributed by atoms with Gasteiger partial charge in [0.2, 0.25) is 0 Å². The summed E-state index contributed by atoms with van der Waals surface area (Å²) in [6.45, 7) is 4.55. The molecule has 0 radical (unpaired) electrons. The molecule has 0 aliphatic carbocycles. The molecule has 1 fully saturated rings. The molecular weight excluding hydrogens is 354 g/mol. The Balaban J connectivity index is 1.35. The zero-order valence-corrected chi connectivity index (χ0v) is 16.8. The molecule has 4 nitrogen and oxygen atoms in total. The van der Waals surface area contributed by atoms with Crippen LogP contribution in [0.15, 0.2) is 59.5 Å². The molecule has 0 unspecified atom stereocenters. The highest BCUT2D eigenvalue weighted by Crippen LogP contribution is 2.24. The summed E-state index contributed by atoms with van der Waals surface area (Å²) in [6, 6.07) is 18.6. The van der Waals surface area contributed by atoms with Crippen molar-refractivity contribution in [2.75, 3.05) is 25.9 Å². The van der Waals surface area contributed by atoms with Crippen LogP contribution in [-0.4, -0.2) is 36.8 Å². The molecule has 3 rings (SSSR count). The van der Waals surface area contributed by atoms with Crippen molar-refractivity contribution in [3.63, 3.8) is 0 Å².